The maximum absolute atomic E-state index is 11.7. The number of aliphatic hydroxyl groups excluding tert-OH is 1. The fraction of sp³-hybridized carbons (Fsp3) is 0.333. The third-order valence-electron chi connectivity index (χ3n) is 1.89. The Kier molecular flexibility index (Phi) is 3.67. The molecule has 0 amide bonds. The summed E-state index contributed by atoms with van der Waals surface area (Å²) in [4.78, 5) is 0.185. The topological polar surface area (TPSA) is 92.4 Å². The van der Waals surface area contributed by atoms with Crippen molar-refractivity contribution >= 4 is 15.7 Å². The van der Waals surface area contributed by atoms with Crippen LogP contribution >= 0.6 is 0 Å². The molecule has 0 spiro atoms. The molecule has 0 aliphatic heterocycles. The smallest absolute Gasteiger partial charge is 0.240 e. The molecule has 1 aromatic carbocycles. The standard InChI is InChI=1S/C9H14N2O3S/c1-7-6-8(10)2-3-9(7)15(13,14)11-4-5-12/h2-3,6,11-12H,4-5,10H2,1H3. The Morgan fingerprint density at radius 1 is 1.47 bits per heavy atom. The fourth-order valence-electron chi connectivity index (χ4n) is 1.23. The number of sulfonamides is 1. The molecule has 0 atom stereocenters. The monoisotopic (exact) mass is 230 g/mol. The second-order valence-electron chi connectivity index (χ2n) is 3.15. The van der Waals surface area contributed by atoms with Crippen molar-refractivity contribution in [2.45, 2.75) is 11.8 Å². The molecule has 15 heavy (non-hydrogen) atoms. The van der Waals surface area contributed by atoms with Crippen LogP contribution in [0.15, 0.2) is 23.1 Å². The Hall–Kier alpha value is -1.11. The van der Waals surface area contributed by atoms with Gasteiger partial charge in [0, 0.05) is 12.2 Å². The zero-order valence-corrected chi connectivity index (χ0v) is 9.21. The SMILES string of the molecule is Cc1cc(N)ccc1S(=O)(=O)NCCO. The van der Waals surface area contributed by atoms with Gasteiger partial charge in [-0.1, -0.05) is 0 Å². The Morgan fingerprint density at radius 2 is 2.13 bits per heavy atom. The maximum Gasteiger partial charge on any atom is 0.240 e. The molecule has 0 saturated heterocycles. The van der Waals surface area contributed by atoms with E-state index in [0.29, 0.717) is 11.3 Å². The van der Waals surface area contributed by atoms with Crippen molar-refractivity contribution in [1.82, 2.24) is 4.72 Å². The minimum Gasteiger partial charge on any atom is -0.399 e. The summed E-state index contributed by atoms with van der Waals surface area (Å²) < 4.78 is 25.6. The highest BCUT2D eigenvalue weighted by Gasteiger charge is 2.15. The van der Waals surface area contributed by atoms with Crippen LogP contribution in [-0.2, 0) is 10.0 Å². The zero-order chi connectivity index (χ0) is 11.5. The Bertz CT molecular complexity index is 443. The van der Waals surface area contributed by atoms with Gasteiger partial charge < -0.3 is 10.8 Å². The van der Waals surface area contributed by atoms with Crippen molar-refractivity contribution in [3.05, 3.63) is 23.8 Å². The van der Waals surface area contributed by atoms with Gasteiger partial charge in [0.15, 0.2) is 0 Å². The molecular formula is C9H14N2O3S. The number of rotatable bonds is 4. The van der Waals surface area contributed by atoms with Crippen LogP contribution in [0.1, 0.15) is 5.56 Å². The van der Waals surface area contributed by atoms with E-state index in [9.17, 15) is 8.42 Å². The van der Waals surface area contributed by atoms with Crippen LogP contribution in [0.2, 0.25) is 0 Å². The Labute approximate surface area is 89.0 Å². The minimum atomic E-state index is -3.54. The summed E-state index contributed by atoms with van der Waals surface area (Å²) in [5.74, 6) is 0. The van der Waals surface area contributed by atoms with Crippen LogP contribution in [0, 0.1) is 6.92 Å². The summed E-state index contributed by atoms with van der Waals surface area (Å²) >= 11 is 0. The first-order valence-corrected chi connectivity index (χ1v) is 5.92. The molecule has 84 valence electrons. The molecule has 1 rings (SSSR count). The lowest BCUT2D eigenvalue weighted by atomic mass is 10.2. The van der Waals surface area contributed by atoms with E-state index in [4.69, 9.17) is 10.8 Å². The van der Waals surface area contributed by atoms with E-state index in [0.717, 1.165) is 0 Å². The number of hydrogen-bond acceptors (Lipinski definition) is 4. The molecule has 0 radical (unpaired) electrons. The van der Waals surface area contributed by atoms with Crippen molar-refractivity contribution in [3.63, 3.8) is 0 Å². The van der Waals surface area contributed by atoms with Gasteiger partial charge in [0.2, 0.25) is 10.0 Å². The summed E-state index contributed by atoms with van der Waals surface area (Å²) in [5, 5.41) is 8.54. The number of aliphatic hydroxyl groups is 1. The predicted molar refractivity (Wildman–Crippen MR) is 57.9 cm³/mol. The molecular weight excluding hydrogens is 216 g/mol. The zero-order valence-electron chi connectivity index (χ0n) is 8.40. The largest absolute Gasteiger partial charge is 0.399 e. The number of hydrogen-bond donors (Lipinski definition) is 3. The minimum absolute atomic E-state index is 0.00610. The van der Waals surface area contributed by atoms with Crippen LogP contribution in [0.25, 0.3) is 0 Å². The van der Waals surface area contributed by atoms with Gasteiger partial charge in [0.1, 0.15) is 0 Å². The first-order chi connectivity index (χ1) is 6.97. The van der Waals surface area contributed by atoms with Crippen molar-refractivity contribution in [2.24, 2.45) is 0 Å². The number of nitrogens with one attached hydrogen (secondary N) is 1. The summed E-state index contributed by atoms with van der Waals surface area (Å²) in [6.45, 7) is 1.45. The molecule has 5 nitrogen and oxygen atoms in total. The summed E-state index contributed by atoms with van der Waals surface area (Å²) in [6.07, 6.45) is 0. The third kappa shape index (κ3) is 2.92. The van der Waals surface area contributed by atoms with Gasteiger partial charge in [0.25, 0.3) is 0 Å². The van der Waals surface area contributed by atoms with Gasteiger partial charge in [-0.05, 0) is 30.7 Å². The number of nitrogens with two attached hydrogens (primary N) is 1. The molecule has 0 aliphatic rings. The van der Waals surface area contributed by atoms with Crippen LogP contribution in [0.4, 0.5) is 5.69 Å². The molecule has 0 aromatic heterocycles. The van der Waals surface area contributed by atoms with Gasteiger partial charge in [-0.2, -0.15) is 0 Å². The number of aryl methyl sites for hydroxylation is 1. The van der Waals surface area contributed by atoms with E-state index in [1.807, 2.05) is 0 Å². The third-order valence-corrected chi connectivity index (χ3v) is 3.51. The van der Waals surface area contributed by atoms with Crippen molar-refractivity contribution in [3.8, 4) is 0 Å². The summed E-state index contributed by atoms with van der Waals surface area (Å²) in [5.41, 5.74) is 6.62. The van der Waals surface area contributed by atoms with E-state index < -0.39 is 10.0 Å². The number of anilines is 1. The van der Waals surface area contributed by atoms with Gasteiger partial charge in [0.05, 0.1) is 11.5 Å². The van der Waals surface area contributed by atoms with Gasteiger partial charge in [-0.3, -0.25) is 0 Å². The first-order valence-electron chi connectivity index (χ1n) is 4.44. The van der Waals surface area contributed by atoms with E-state index in [-0.39, 0.29) is 18.0 Å². The molecule has 4 N–H and O–H groups in total. The second kappa shape index (κ2) is 4.61. The second-order valence-corrected chi connectivity index (χ2v) is 4.88. The molecule has 0 fully saturated rings. The molecule has 6 heteroatoms. The maximum atomic E-state index is 11.7. The van der Waals surface area contributed by atoms with E-state index in [1.165, 1.54) is 12.1 Å². The first kappa shape index (κ1) is 12.0. The Balaban J connectivity index is 3.05. The average molecular weight is 230 g/mol. The molecule has 0 saturated carbocycles. The van der Waals surface area contributed by atoms with E-state index in [1.54, 1.807) is 13.0 Å². The number of benzene rings is 1. The fourth-order valence-corrected chi connectivity index (χ4v) is 2.48. The summed E-state index contributed by atoms with van der Waals surface area (Å²) in [6, 6.07) is 4.57. The predicted octanol–water partition coefficient (Wildman–Crippen LogP) is -0.152. The molecule has 1 aromatic rings. The molecule has 0 unspecified atom stereocenters. The van der Waals surface area contributed by atoms with Crippen molar-refractivity contribution in [1.29, 1.82) is 0 Å². The van der Waals surface area contributed by atoms with Crippen LogP contribution < -0.4 is 10.5 Å². The molecule has 0 bridgehead atoms. The lowest BCUT2D eigenvalue weighted by Gasteiger charge is -2.08. The van der Waals surface area contributed by atoms with E-state index >= 15 is 0 Å². The highest BCUT2D eigenvalue weighted by molar-refractivity contribution is 7.89. The Morgan fingerprint density at radius 3 is 2.67 bits per heavy atom. The van der Waals surface area contributed by atoms with E-state index in [2.05, 4.69) is 4.72 Å². The quantitative estimate of drug-likeness (QED) is 0.627. The number of nitrogen functional groups attached to an aromatic ring is 1. The van der Waals surface area contributed by atoms with Crippen molar-refractivity contribution < 1.29 is 13.5 Å². The van der Waals surface area contributed by atoms with Gasteiger partial charge in [-0.25, -0.2) is 13.1 Å². The van der Waals surface area contributed by atoms with Crippen molar-refractivity contribution in [2.75, 3.05) is 18.9 Å². The lowest BCUT2D eigenvalue weighted by Crippen LogP contribution is -2.27. The normalized spacial score (nSPS) is 11.6. The highest BCUT2D eigenvalue weighted by Crippen LogP contribution is 2.17. The van der Waals surface area contributed by atoms with Crippen LogP contribution in [-0.4, -0.2) is 26.7 Å². The highest BCUT2D eigenvalue weighted by atomic mass is 32.2. The van der Waals surface area contributed by atoms with Crippen LogP contribution in [0.3, 0.4) is 0 Å². The van der Waals surface area contributed by atoms with Gasteiger partial charge in [-0.15, -0.1) is 0 Å². The average Bonchev–Trinajstić information content (AvgIpc) is 2.14. The van der Waals surface area contributed by atoms with Gasteiger partial charge >= 0.3 is 0 Å². The van der Waals surface area contributed by atoms with Crippen LogP contribution in [0.5, 0.6) is 0 Å². The summed E-state index contributed by atoms with van der Waals surface area (Å²) in [7, 11) is -3.54. The molecule has 0 aliphatic carbocycles. The lowest BCUT2D eigenvalue weighted by molar-refractivity contribution is 0.301. The molecule has 0 heterocycles.